The number of carbonyl (C=O) groups is 2. The van der Waals surface area contributed by atoms with E-state index in [-0.39, 0.29) is 6.04 Å². The Balaban J connectivity index is 1.62. The predicted octanol–water partition coefficient (Wildman–Crippen LogP) is 2.96. The Hall–Kier alpha value is -2.38. The SMILES string of the molecule is COc1ccc(C)cc1NC(=O)C(=O)NCC(c1ccsc1)N1CCCC1. The minimum Gasteiger partial charge on any atom is -0.495 e. The Labute approximate surface area is 163 Å². The van der Waals surface area contributed by atoms with E-state index in [1.54, 1.807) is 23.5 Å². The molecular weight excluding hydrogens is 362 g/mol. The highest BCUT2D eigenvalue weighted by molar-refractivity contribution is 7.08. The minimum absolute atomic E-state index is 0.101. The van der Waals surface area contributed by atoms with Gasteiger partial charge in [-0.25, -0.2) is 0 Å². The van der Waals surface area contributed by atoms with E-state index in [2.05, 4.69) is 27.0 Å². The largest absolute Gasteiger partial charge is 0.495 e. The van der Waals surface area contributed by atoms with Crippen molar-refractivity contribution in [2.75, 3.05) is 32.1 Å². The molecule has 27 heavy (non-hydrogen) atoms. The van der Waals surface area contributed by atoms with E-state index in [9.17, 15) is 9.59 Å². The molecule has 0 saturated carbocycles. The summed E-state index contributed by atoms with van der Waals surface area (Å²) in [6.45, 7) is 4.36. The first-order chi connectivity index (χ1) is 13.1. The number of likely N-dealkylation sites (tertiary alicyclic amines) is 1. The number of methoxy groups -OCH3 is 1. The van der Waals surface area contributed by atoms with Gasteiger partial charge in [-0.3, -0.25) is 14.5 Å². The maximum absolute atomic E-state index is 12.3. The number of amides is 2. The smallest absolute Gasteiger partial charge is 0.313 e. The van der Waals surface area contributed by atoms with Crippen molar-refractivity contribution in [1.29, 1.82) is 0 Å². The van der Waals surface area contributed by atoms with Gasteiger partial charge in [-0.05, 0) is 72.9 Å². The van der Waals surface area contributed by atoms with Crippen molar-refractivity contribution in [2.45, 2.75) is 25.8 Å². The molecule has 1 aliphatic heterocycles. The second kappa shape index (κ2) is 9.01. The molecule has 0 bridgehead atoms. The summed E-state index contributed by atoms with van der Waals surface area (Å²) in [7, 11) is 1.53. The third-order valence-corrected chi connectivity index (χ3v) is 5.48. The average molecular weight is 388 g/mol. The number of hydrogen-bond donors (Lipinski definition) is 2. The van der Waals surface area contributed by atoms with Gasteiger partial charge in [0.1, 0.15) is 5.75 Å². The molecule has 0 aliphatic carbocycles. The Morgan fingerprint density at radius 3 is 2.67 bits per heavy atom. The van der Waals surface area contributed by atoms with Crippen LogP contribution in [-0.2, 0) is 9.59 Å². The topological polar surface area (TPSA) is 70.7 Å². The molecule has 0 spiro atoms. The van der Waals surface area contributed by atoms with Gasteiger partial charge in [-0.1, -0.05) is 6.07 Å². The van der Waals surface area contributed by atoms with Crippen LogP contribution in [0.4, 0.5) is 5.69 Å². The van der Waals surface area contributed by atoms with E-state index in [1.807, 2.05) is 18.4 Å². The van der Waals surface area contributed by atoms with Crippen LogP contribution in [0.15, 0.2) is 35.0 Å². The zero-order valence-electron chi connectivity index (χ0n) is 15.7. The Kier molecular flexibility index (Phi) is 6.47. The number of rotatable bonds is 6. The molecule has 2 N–H and O–H groups in total. The summed E-state index contributed by atoms with van der Waals surface area (Å²) < 4.78 is 5.24. The average Bonchev–Trinajstić information content (AvgIpc) is 3.36. The number of ether oxygens (including phenoxy) is 1. The fraction of sp³-hybridized carbons (Fsp3) is 0.400. The van der Waals surface area contributed by atoms with Crippen molar-refractivity contribution in [2.24, 2.45) is 0 Å². The van der Waals surface area contributed by atoms with Crippen LogP contribution in [0.5, 0.6) is 5.75 Å². The van der Waals surface area contributed by atoms with Gasteiger partial charge in [-0.2, -0.15) is 11.3 Å². The second-order valence-corrected chi connectivity index (χ2v) is 7.46. The lowest BCUT2D eigenvalue weighted by Crippen LogP contribution is -2.41. The molecule has 1 unspecified atom stereocenters. The van der Waals surface area contributed by atoms with E-state index >= 15 is 0 Å². The Morgan fingerprint density at radius 1 is 1.22 bits per heavy atom. The van der Waals surface area contributed by atoms with E-state index < -0.39 is 11.8 Å². The van der Waals surface area contributed by atoms with Crippen molar-refractivity contribution in [1.82, 2.24) is 10.2 Å². The fourth-order valence-electron chi connectivity index (χ4n) is 3.34. The predicted molar refractivity (Wildman–Crippen MR) is 107 cm³/mol. The molecule has 2 amide bonds. The molecular formula is C20H25N3O3S. The van der Waals surface area contributed by atoms with Gasteiger partial charge >= 0.3 is 11.8 Å². The normalized spacial score (nSPS) is 15.3. The minimum atomic E-state index is -0.690. The van der Waals surface area contributed by atoms with Crippen LogP contribution >= 0.6 is 11.3 Å². The molecule has 7 heteroatoms. The van der Waals surface area contributed by atoms with Crippen LogP contribution in [0.2, 0.25) is 0 Å². The summed E-state index contributed by atoms with van der Waals surface area (Å²) in [5.74, 6) is -0.808. The maximum Gasteiger partial charge on any atom is 0.313 e. The third-order valence-electron chi connectivity index (χ3n) is 4.77. The molecule has 1 saturated heterocycles. The number of nitrogens with zero attached hydrogens (tertiary/aromatic N) is 1. The summed E-state index contributed by atoms with van der Waals surface area (Å²) >= 11 is 1.64. The molecule has 1 aliphatic rings. The van der Waals surface area contributed by atoms with E-state index in [1.165, 1.54) is 25.5 Å². The van der Waals surface area contributed by atoms with Crippen molar-refractivity contribution in [3.05, 3.63) is 46.2 Å². The first-order valence-corrected chi connectivity index (χ1v) is 10.0. The summed E-state index contributed by atoms with van der Waals surface area (Å²) in [6, 6.07) is 7.61. The first-order valence-electron chi connectivity index (χ1n) is 9.08. The summed E-state index contributed by atoms with van der Waals surface area (Å²) in [4.78, 5) is 27.0. The van der Waals surface area contributed by atoms with E-state index in [4.69, 9.17) is 4.74 Å². The van der Waals surface area contributed by atoms with E-state index in [0.29, 0.717) is 18.0 Å². The van der Waals surface area contributed by atoms with Crippen LogP contribution in [-0.4, -0.2) is 43.5 Å². The van der Waals surface area contributed by atoms with Crippen LogP contribution in [0.25, 0.3) is 0 Å². The molecule has 0 radical (unpaired) electrons. The van der Waals surface area contributed by atoms with Crippen molar-refractivity contribution < 1.29 is 14.3 Å². The molecule has 144 valence electrons. The molecule has 1 aromatic carbocycles. The molecule has 1 aromatic heterocycles. The van der Waals surface area contributed by atoms with Crippen molar-refractivity contribution in [3.8, 4) is 5.75 Å². The molecule has 1 fully saturated rings. The maximum atomic E-state index is 12.3. The molecule has 2 heterocycles. The van der Waals surface area contributed by atoms with Crippen molar-refractivity contribution >= 4 is 28.8 Å². The Morgan fingerprint density at radius 2 is 2.00 bits per heavy atom. The number of carbonyl (C=O) groups excluding carboxylic acids is 2. The summed E-state index contributed by atoms with van der Waals surface area (Å²) in [5, 5.41) is 9.58. The lowest BCUT2D eigenvalue weighted by Gasteiger charge is -2.27. The summed E-state index contributed by atoms with van der Waals surface area (Å²) in [6.07, 6.45) is 2.34. The highest BCUT2D eigenvalue weighted by Crippen LogP contribution is 2.27. The van der Waals surface area contributed by atoms with Gasteiger partial charge < -0.3 is 15.4 Å². The van der Waals surface area contributed by atoms with Gasteiger partial charge in [0.15, 0.2) is 0 Å². The second-order valence-electron chi connectivity index (χ2n) is 6.68. The summed E-state index contributed by atoms with van der Waals surface area (Å²) in [5.41, 5.74) is 2.65. The number of nitrogens with one attached hydrogen (secondary N) is 2. The number of hydrogen-bond acceptors (Lipinski definition) is 5. The highest BCUT2D eigenvalue weighted by Gasteiger charge is 2.25. The number of aryl methyl sites for hydroxylation is 1. The molecule has 2 aromatic rings. The standard InChI is InChI=1S/C20H25N3O3S/c1-14-5-6-18(26-2)16(11-14)22-20(25)19(24)21-12-17(15-7-10-27-13-15)23-8-3-4-9-23/h5-7,10-11,13,17H,3-4,8-9,12H2,1-2H3,(H,21,24)(H,22,25). The lowest BCUT2D eigenvalue weighted by molar-refractivity contribution is -0.136. The van der Waals surface area contributed by atoms with E-state index in [0.717, 1.165) is 18.7 Å². The lowest BCUT2D eigenvalue weighted by atomic mass is 10.1. The number of benzene rings is 1. The monoisotopic (exact) mass is 387 g/mol. The van der Waals surface area contributed by atoms with Gasteiger partial charge in [0.05, 0.1) is 18.8 Å². The molecule has 3 rings (SSSR count). The zero-order chi connectivity index (χ0) is 19.2. The van der Waals surface area contributed by atoms with Gasteiger partial charge in [0.25, 0.3) is 0 Å². The number of thiophene rings is 1. The quantitative estimate of drug-likeness (QED) is 0.748. The molecule has 1 atom stereocenters. The van der Waals surface area contributed by atoms with Gasteiger partial charge in [-0.15, -0.1) is 0 Å². The molecule has 6 nitrogen and oxygen atoms in total. The van der Waals surface area contributed by atoms with Crippen LogP contribution in [0, 0.1) is 6.92 Å². The zero-order valence-corrected chi connectivity index (χ0v) is 16.5. The Bertz CT molecular complexity index is 786. The number of anilines is 1. The fourth-order valence-corrected chi connectivity index (χ4v) is 4.05. The highest BCUT2D eigenvalue weighted by atomic mass is 32.1. The van der Waals surface area contributed by atoms with Crippen LogP contribution in [0.1, 0.15) is 30.0 Å². The first kappa shape index (κ1) is 19.4. The van der Waals surface area contributed by atoms with Gasteiger partial charge in [0.2, 0.25) is 0 Å². The van der Waals surface area contributed by atoms with Crippen LogP contribution < -0.4 is 15.4 Å². The van der Waals surface area contributed by atoms with Gasteiger partial charge in [0, 0.05) is 6.54 Å². The third kappa shape index (κ3) is 4.87. The van der Waals surface area contributed by atoms with Crippen molar-refractivity contribution in [3.63, 3.8) is 0 Å². The van der Waals surface area contributed by atoms with Crippen LogP contribution in [0.3, 0.4) is 0 Å².